The van der Waals surface area contributed by atoms with Crippen LogP contribution in [-0.2, 0) is 14.6 Å². The fraction of sp³-hybridized carbons (Fsp3) is 0.200. The topological polar surface area (TPSA) is 120 Å². The van der Waals surface area contributed by atoms with E-state index in [1.165, 1.54) is 43.5 Å². The molecule has 2 amide bonds. The van der Waals surface area contributed by atoms with Gasteiger partial charge in [0.2, 0.25) is 5.75 Å². The molecule has 1 aliphatic rings. The van der Waals surface area contributed by atoms with Crippen LogP contribution >= 0.6 is 0 Å². The van der Waals surface area contributed by atoms with Crippen LogP contribution in [0.5, 0.6) is 17.2 Å². The second-order valence-electron chi connectivity index (χ2n) is 6.32. The van der Waals surface area contributed by atoms with Crippen LogP contribution in [0, 0.1) is 0 Å². The van der Waals surface area contributed by atoms with Crippen LogP contribution in [0.25, 0.3) is 6.08 Å². The van der Waals surface area contributed by atoms with Gasteiger partial charge >= 0.3 is 0 Å². The van der Waals surface area contributed by atoms with Crippen molar-refractivity contribution in [2.45, 2.75) is 4.90 Å². The minimum absolute atomic E-state index is 0.0980. The van der Waals surface area contributed by atoms with Crippen molar-refractivity contribution in [3.05, 3.63) is 53.6 Å². The Labute approximate surface area is 173 Å². The van der Waals surface area contributed by atoms with Crippen molar-refractivity contribution >= 4 is 27.7 Å². The summed E-state index contributed by atoms with van der Waals surface area (Å²) in [5.74, 6) is 0.367. The number of carbonyl (C=O) groups is 2. The second kappa shape index (κ2) is 8.87. The molecule has 0 radical (unpaired) electrons. The Balaban J connectivity index is 1.60. The molecule has 10 heteroatoms. The SMILES string of the molecule is COc1cc(/C=C/C(=O)NNC(=O)c2ccc(S(C)(=O)=O)cc2)cc2c1OCCO2. The number of hydrogen-bond donors (Lipinski definition) is 2. The van der Waals surface area contributed by atoms with Gasteiger partial charge in [-0.05, 0) is 48.0 Å². The van der Waals surface area contributed by atoms with Crippen molar-refractivity contribution in [2.24, 2.45) is 0 Å². The molecule has 0 aromatic heterocycles. The molecule has 2 aromatic rings. The van der Waals surface area contributed by atoms with Gasteiger partial charge in [0.15, 0.2) is 21.3 Å². The number of amides is 2. The molecule has 2 aromatic carbocycles. The van der Waals surface area contributed by atoms with Gasteiger partial charge in [-0.2, -0.15) is 0 Å². The van der Waals surface area contributed by atoms with Crippen LogP contribution in [0.1, 0.15) is 15.9 Å². The van der Waals surface area contributed by atoms with Crippen LogP contribution in [0.3, 0.4) is 0 Å². The minimum atomic E-state index is -3.35. The van der Waals surface area contributed by atoms with Crippen molar-refractivity contribution in [3.63, 3.8) is 0 Å². The summed E-state index contributed by atoms with van der Waals surface area (Å²) in [7, 11) is -1.85. The zero-order valence-corrected chi connectivity index (χ0v) is 17.1. The lowest BCUT2D eigenvalue weighted by Crippen LogP contribution is -2.40. The normalized spacial score (nSPS) is 13.0. The Bertz CT molecular complexity index is 1080. The van der Waals surface area contributed by atoms with Crippen molar-refractivity contribution in [2.75, 3.05) is 26.6 Å². The Morgan fingerprint density at radius 2 is 1.77 bits per heavy atom. The zero-order valence-electron chi connectivity index (χ0n) is 16.3. The maximum absolute atomic E-state index is 12.1. The first-order chi connectivity index (χ1) is 14.3. The molecule has 1 aliphatic heterocycles. The molecule has 9 nitrogen and oxygen atoms in total. The number of ether oxygens (including phenoxy) is 3. The first-order valence-electron chi connectivity index (χ1n) is 8.84. The summed E-state index contributed by atoms with van der Waals surface area (Å²) in [6.07, 6.45) is 3.84. The predicted octanol–water partition coefficient (Wildman–Crippen LogP) is 1.34. The highest BCUT2D eigenvalue weighted by Crippen LogP contribution is 2.40. The number of carbonyl (C=O) groups excluding carboxylic acids is 2. The third-order valence-electron chi connectivity index (χ3n) is 4.12. The highest BCUT2D eigenvalue weighted by atomic mass is 32.2. The van der Waals surface area contributed by atoms with Crippen molar-refractivity contribution in [1.82, 2.24) is 10.9 Å². The molecule has 0 fully saturated rings. The summed E-state index contributed by atoms with van der Waals surface area (Å²) in [5.41, 5.74) is 5.36. The summed E-state index contributed by atoms with van der Waals surface area (Å²) < 4.78 is 39.2. The van der Waals surface area contributed by atoms with Crippen LogP contribution in [0.2, 0.25) is 0 Å². The first kappa shape index (κ1) is 21.2. The van der Waals surface area contributed by atoms with Crippen LogP contribution in [-0.4, -0.2) is 46.8 Å². The molecule has 0 atom stereocenters. The molecule has 3 rings (SSSR count). The van der Waals surface area contributed by atoms with E-state index in [9.17, 15) is 18.0 Å². The highest BCUT2D eigenvalue weighted by molar-refractivity contribution is 7.90. The fourth-order valence-electron chi connectivity index (χ4n) is 2.65. The van der Waals surface area contributed by atoms with Gasteiger partial charge < -0.3 is 14.2 Å². The Hall–Kier alpha value is -3.53. The number of rotatable bonds is 5. The van der Waals surface area contributed by atoms with Crippen molar-refractivity contribution in [3.8, 4) is 17.2 Å². The van der Waals surface area contributed by atoms with Gasteiger partial charge in [-0.25, -0.2) is 8.42 Å². The zero-order chi connectivity index (χ0) is 21.7. The number of fused-ring (bicyclic) bond motifs is 1. The number of sulfone groups is 1. The molecule has 1 heterocycles. The standard InChI is InChI=1S/C20H20N2O7S/c1-27-16-11-13(12-17-19(16)29-10-9-28-17)3-8-18(23)21-22-20(24)14-4-6-15(7-5-14)30(2,25)26/h3-8,11-12H,9-10H2,1-2H3,(H,21,23)(H,22,24)/b8-3+. The van der Waals surface area contributed by atoms with Gasteiger partial charge in [-0.15, -0.1) is 0 Å². The highest BCUT2D eigenvalue weighted by Gasteiger charge is 2.18. The first-order valence-corrected chi connectivity index (χ1v) is 10.7. The van der Waals surface area contributed by atoms with Crippen LogP contribution in [0.15, 0.2) is 47.4 Å². The van der Waals surface area contributed by atoms with Gasteiger partial charge in [-0.3, -0.25) is 20.4 Å². The maximum Gasteiger partial charge on any atom is 0.269 e. The molecule has 0 saturated heterocycles. The van der Waals surface area contributed by atoms with Crippen molar-refractivity contribution in [1.29, 1.82) is 0 Å². The van der Waals surface area contributed by atoms with E-state index >= 15 is 0 Å². The Morgan fingerprint density at radius 1 is 1.07 bits per heavy atom. The Kier molecular flexibility index (Phi) is 6.26. The quantitative estimate of drug-likeness (QED) is 0.540. The maximum atomic E-state index is 12.1. The number of methoxy groups -OCH3 is 1. The average Bonchev–Trinajstić information content (AvgIpc) is 2.74. The molecular formula is C20H20N2O7S. The molecule has 0 spiro atoms. The molecule has 0 saturated carbocycles. The van der Waals surface area contributed by atoms with Crippen LogP contribution in [0.4, 0.5) is 0 Å². The third-order valence-corrected chi connectivity index (χ3v) is 5.25. The predicted molar refractivity (Wildman–Crippen MR) is 108 cm³/mol. The van der Waals surface area contributed by atoms with E-state index in [1.54, 1.807) is 12.1 Å². The fourth-order valence-corrected chi connectivity index (χ4v) is 3.28. The lowest BCUT2D eigenvalue weighted by Gasteiger charge is -2.20. The van der Waals surface area contributed by atoms with E-state index in [2.05, 4.69) is 10.9 Å². The van der Waals surface area contributed by atoms with E-state index in [-0.39, 0.29) is 10.5 Å². The van der Waals surface area contributed by atoms with E-state index in [0.717, 1.165) is 6.26 Å². The molecule has 0 unspecified atom stereocenters. The van der Waals surface area contributed by atoms with Crippen molar-refractivity contribution < 1.29 is 32.2 Å². The van der Waals surface area contributed by atoms with Gasteiger partial charge in [0.25, 0.3) is 11.8 Å². The summed E-state index contributed by atoms with van der Waals surface area (Å²) >= 11 is 0. The molecule has 0 aliphatic carbocycles. The second-order valence-corrected chi connectivity index (χ2v) is 8.34. The minimum Gasteiger partial charge on any atom is -0.493 e. The molecular weight excluding hydrogens is 412 g/mol. The number of nitrogens with one attached hydrogen (secondary N) is 2. The number of hydrogen-bond acceptors (Lipinski definition) is 7. The third kappa shape index (κ3) is 5.09. The Morgan fingerprint density at radius 3 is 2.43 bits per heavy atom. The average molecular weight is 432 g/mol. The largest absolute Gasteiger partial charge is 0.493 e. The summed E-state index contributed by atoms with van der Waals surface area (Å²) in [5, 5.41) is 0. The van der Waals surface area contributed by atoms with Gasteiger partial charge in [0.1, 0.15) is 13.2 Å². The van der Waals surface area contributed by atoms with Gasteiger partial charge in [0.05, 0.1) is 12.0 Å². The van der Waals surface area contributed by atoms with E-state index in [1.807, 2.05) is 0 Å². The number of benzene rings is 2. The van der Waals surface area contributed by atoms with Crippen LogP contribution < -0.4 is 25.1 Å². The lowest BCUT2D eigenvalue weighted by atomic mass is 10.1. The summed E-state index contributed by atoms with van der Waals surface area (Å²) in [4.78, 5) is 24.2. The lowest BCUT2D eigenvalue weighted by molar-refractivity contribution is -0.117. The van der Waals surface area contributed by atoms with Gasteiger partial charge in [0, 0.05) is 17.9 Å². The molecule has 2 N–H and O–H groups in total. The van der Waals surface area contributed by atoms with E-state index in [4.69, 9.17) is 14.2 Å². The van der Waals surface area contributed by atoms with E-state index < -0.39 is 21.7 Å². The molecule has 0 bridgehead atoms. The number of hydrazine groups is 1. The monoisotopic (exact) mass is 432 g/mol. The smallest absolute Gasteiger partial charge is 0.269 e. The van der Waals surface area contributed by atoms with E-state index in [0.29, 0.717) is 36.0 Å². The summed E-state index contributed by atoms with van der Waals surface area (Å²) in [6.45, 7) is 0.846. The molecule has 158 valence electrons. The van der Waals surface area contributed by atoms with Gasteiger partial charge in [-0.1, -0.05) is 0 Å². The molecule has 30 heavy (non-hydrogen) atoms. The summed E-state index contributed by atoms with van der Waals surface area (Å²) in [6, 6.07) is 8.76.